The minimum absolute atomic E-state index is 0.190. The van der Waals surface area contributed by atoms with E-state index >= 15 is 0 Å². The third kappa shape index (κ3) is 1.87. The summed E-state index contributed by atoms with van der Waals surface area (Å²) in [5.41, 5.74) is 0.766. The predicted octanol–water partition coefficient (Wildman–Crippen LogP) is 0.867. The quantitative estimate of drug-likeness (QED) is 0.706. The molecule has 1 aliphatic heterocycles. The second-order valence-electron chi connectivity index (χ2n) is 3.40. The van der Waals surface area contributed by atoms with Gasteiger partial charge in [-0.05, 0) is 31.5 Å². The monoisotopic (exact) mass is 178 g/mol. The van der Waals surface area contributed by atoms with E-state index < -0.39 is 6.10 Å². The summed E-state index contributed by atoms with van der Waals surface area (Å²) in [4.78, 5) is 4.13. The van der Waals surface area contributed by atoms with Crippen LogP contribution >= 0.6 is 0 Å². The van der Waals surface area contributed by atoms with Gasteiger partial charge in [-0.2, -0.15) is 0 Å². The molecule has 2 rings (SSSR count). The molecule has 2 N–H and O–H groups in total. The largest absolute Gasteiger partial charge is 0.385 e. The fourth-order valence-electron chi connectivity index (χ4n) is 1.74. The molecule has 0 saturated carbocycles. The van der Waals surface area contributed by atoms with Crippen LogP contribution in [0.3, 0.4) is 0 Å². The average molecular weight is 178 g/mol. The van der Waals surface area contributed by atoms with Crippen LogP contribution in [0.4, 0.5) is 0 Å². The molecule has 70 valence electrons. The van der Waals surface area contributed by atoms with Crippen molar-refractivity contribution in [2.45, 2.75) is 25.0 Å². The maximum absolute atomic E-state index is 9.90. The van der Waals surface area contributed by atoms with Crippen molar-refractivity contribution >= 4 is 0 Å². The van der Waals surface area contributed by atoms with Crippen LogP contribution in [0.15, 0.2) is 24.4 Å². The summed E-state index contributed by atoms with van der Waals surface area (Å²) in [6, 6.07) is 5.82. The lowest BCUT2D eigenvalue weighted by Crippen LogP contribution is -2.29. The Morgan fingerprint density at radius 3 is 3.08 bits per heavy atom. The van der Waals surface area contributed by atoms with Crippen molar-refractivity contribution in [2.75, 3.05) is 6.54 Å². The number of hydrogen-bond donors (Lipinski definition) is 2. The lowest BCUT2D eigenvalue weighted by Gasteiger charge is -2.17. The molecule has 3 heteroatoms. The molecule has 0 bridgehead atoms. The molecule has 1 fully saturated rings. The number of aliphatic hydroxyl groups excluding tert-OH is 1. The Hall–Kier alpha value is -0.930. The first-order valence-corrected chi connectivity index (χ1v) is 4.70. The van der Waals surface area contributed by atoms with E-state index in [2.05, 4.69) is 10.3 Å². The molecule has 13 heavy (non-hydrogen) atoms. The van der Waals surface area contributed by atoms with Gasteiger partial charge in [0.05, 0.1) is 5.69 Å². The SMILES string of the molecule is O[C@@H](c1ccccn1)[C@H]1CCCN1. The molecule has 1 saturated heterocycles. The highest BCUT2D eigenvalue weighted by Gasteiger charge is 2.24. The maximum Gasteiger partial charge on any atom is 0.111 e. The van der Waals surface area contributed by atoms with Crippen LogP contribution in [0.2, 0.25) is 0 Å². The van der Waals surface area contributed by atoms with Gasteiger partial charge in [0.15, 0.2) is 0 Å². The summed E-state index contributed by atoms with van der Waals surface area (Å²) >= 11 is 0. The molecule has 1 aromatic heterocycles. The van der Waals surface area contributed by atoms with Gasteiger partial charge in [-0.15, -0.1) is 0 Å². The van der Waals surface area contributed by atoms with E-state index in [0.29, 0.717) is 0 Å². The molecule has 0 spiro atoms. The zero-order valence-electron chi connectivity index (χ0n) is 7.48. The molecule has 0 unspecified atom stereocenters. The van der Waals surface area contributed by atoms with E-state index in [4.69, 9.17) is 0 Å². The Balaban J connectivity index is 2.08. The number of aliphatic hydroxyl groups is 1. The molecular weight excluding hydrogens is 164 g/mol. The molecule has 0 aliphatic carbocycles. The third-order valence-corrected chi connectivity index (χ3v) is 2.47. The number of nitrogens with one attached hydrogen (secondary N) is 1. The van der Waals surface area contributed by atoms with E-state index in [9.17, 15) is 5.11 Å². The second kappa shape index (κ2) is 3.85. The van der Waals surface area contributed by atoms with Crippen LogP contribution in [0.25, 0.3) is 0 Å². The Morgan fingerprint density at radius 2 is 2.46 bits per heavy atom. The molecule has 2 atom stereocenters. The van der Waals surface area contributed by atoms with E-state index in [0.717, 1.165) is 25.1 Å². The summed E-state index contributed by atoms with van der Waals surface area (Å²) < 4.78 is 0. The number of nitrogens with zero attached hydrogens (tertiary/aromatic N) is 1. The zero-order chi connectivity index (χ0) is 9.10. The first kappa shape index (κ1) is 8.66. The standard InChI is InChI=1S/C10H14N2O/c13-10(9-5-3-7-12-9)8-4-1-2-6-11-8/h1-2,4,6,9-10,12-13H,3,5,7H2/t9-,10+/m1/s1. The normalized spacial score (nSPS) is 24.5. The Bertz CT molecular complexity index is 257. The van der Waals surface area contributed by atoms with Gasteiger partial charge < -0.3 is 10.4 Å². The highest BCUT2D eigenvalue weighted by Crippen LogP contribution is 2.20. The van der Waals surface area contributed by atoms with E-state index in [1.165, 1.54) is 0 Å². The van der Waals surface area contributed by atoms with Crippen LogP contribution < -0.4 is 5.32 Å². The van der Waals surface area contributed by atoms with Crippen molar-refractivity contribution in [3.05, 3.63) is 30.1 Å². The molecule has 1 aromatic rings. The van der Waals surface area contributed by atoms with Crippen molar-refractivity contribution < 1.29 is 5.11 Å². The van der Waals surface area contributed by atoms with Crippen LogP contribution in [0.5, 0.6) is 0 Å². The van der Waals surface area contributed by atoms with Crippen molar-refractivity contribution in [3.63, 3.8) is 0 Å². The Labute approximate surface area is 77.8 Å². The lowest BCUT2D eigenvalue weighted by molar-refractivity contribution is 0.133. The highest BCUT2D eigenvalue weighted by molar-refractivity contribution is 5.09. The van der Waals surface area contributed by atoms with Gasteiger partial charge in [0, 0.05) is 12.2 Å². The molecular formula is C10H14N2O. The Morgan fingerprint density at radius 1 is 1.54 bits per heavy atom. The summed E-state index contributed by atoms with van der Waals surface area (Å²) in [7, 11) is 0. The van der Waals surface area contributed by atoms with Crippen molar-refractivity contribution in [2.24, 2.45) is 0 Å². The summed E-state index contributed by atoms with van der Waals surface area (Å²) in [6.45, 7) is 1.01. The van der Waals surface area contributed by atoms with Gasteiger partial charge in [-0.1, -0.05) is 6.07 Å². The molecule has 2 heterocycles. The van der Waals surface area contributed by atoms with Gasteiger partial charge >= 0.3 is 0 Å². The minimum atomic E-state index is -0.455. The number of aromatic nitrogens is 1. The van der Waals surface area contributed by atoms with Gasteiger partial charge in [-0.25, -0.2) is 0 Å². The number of rotatable bonds is 2. The van der Waals surface area contributed by atoms with Crippen LogP contribution in [-0.4, -0.2) is 22.7 Å². The zero-order valence-corrected chi connectivity index (χ0v) is 7.48. The molecule has 0 radical (unpaired) electrons. The first-order valence-electron chi connectivity index (χ1n) is 4.70. The second-order valence-corrected chi connectivity index (χ2v) is 3.40. The third-order valence-electron chi connectivity index (χ3n) is 2.47. The van der Waals surface area contributed by atoms with Gasteiger partial charge in [0.2, 0.25) is 0 Å². The topological polar surface area (TPSA) is 45.2 Å². The summed E-state index contributed by atoms with van der Waals surface area (Å²) in [6.07, 6.45) is 3.45. The van der Waals surface area contributed by atoms with Crippen molar-refractivity contribution in [3.8, 4) is 0 Å². The molecule has 3 nitrogen and oxygen atoms in total. The van der Waals surface area contributed by atoms with Gasteiger partial charge in [0.25, 0.3) is 0 Å². The molecule has 0 aromatic carbocycles. The van der Waals surface area contributed by atoms with Crippen LogP contribution in [0.1, 0.15) is 24.6 Å². The first-order chi connectivity index (χ1) is 6.38. The molecule has 0 amide bonds. The fraction of sp³-hybridized carbons (Fsp3) is 0.500. The van der Waals surface area contributed by atoms with E-state index in [1.54, 1.807) is 6.20 Å². The predicted molar refractivity (Wildman–Crippen MR) is 50.2 cm³/mol. The van der Waals surface area contributed by atoms with Crippen molar-refractivity contribution in [1.82, 2.24) is 10.3 Å². The highest BCUT2D eigenvalue weighted by atomic mass is 16.3. The van der Waals surface area contributed by atoms with Crippen molar-refractivity contribution in [1.29, 1.82) is 0 Å². The minimum Gasteiger partial charge on any atom is -0.385 e. The smallest absolute Gasteiger partial charge is 0.111 e. The fourth-order valence-corrected chi connectivity index (χ4v) is 1.74. The van der Waals surface area contributed by atoms with E-state index in [1.807, 2.05) is 18.2 Å². The lowest BCUT2D eigenvalue weighted by atomic mass is 10.1. The van der Waals surface area contributed by atoms with Gasteiger partial charge in [-0.3, -0.25) is 4.98 Å². The van der Waals surface area contributed by atoms with Crippen LogP contribution in [0, 0.1) is 0 Å². The number of pyridine rings is 1. The Kier molecular flexibility index (Phi) is 2.57. The van der Waals surface area contributed by atoms with Crippen LogP contribution in [-0.2, 0) is 0 Å². The molecule has 1 aliphatic rings. The maximum atomic E-state index is 9.90. The summed E-state index contributed by atoms with van der Waals surface area (Å²) in [5, 5.41) is 13.2. The van der Waals surface area contributed by atoms with Gasteiger partial charge in [0.1, 0.15) is 6.10 Å². The average Bonchev–Trinajstić information content (AvgIpc) is 2.71. The van der Waals surface area contributed by atoms with E-state index in [-0.39, 0.29) is 6.04 Å². The summed E-state index contributed by atoms with van der Waals surface area (Å²) in [5.74, 6) is 0. The number of hydrogen-bond acceptors (Lipinski definition) is 3.